The number of aliphatic hydroxyl groups is 1. The molecule has 0 aromatic heterocycles. The highest BCUT2D eigenvalue weighted by Gasteiger charge is 2.21. The molecule has 1 aromatic rings. The van der Waals surface area contributed by atoms with Crippen molar-refractivity contribution in [2.24, 2.45) is 5.92 Å². The zero-order valence-electron chi connectivity index (χ0n) is 12.3. The highest BCUT2D eigenvalue weighted by atomic mass is 16.5. The van der Waals surface area contributed by atoms with Crippen LogP contribution in [0.5, 0.6) is 0 Å². The minimum atomic E-state index is -1.17. The SMILES string of the molecule is CCOC(=O)C(O)c1ccc(C2CCC(C)CC2)cc1. The van der Waals surface area contributed by atoms with Crippen molar-refractivity contribution in [2.45, 2.75) is 51.6 Å². The standard InChI is InChI=1S/C17H24O3/c1-3-20-17(19)16(18)15-10-8-14(9-11-15)13-6-4-12(2)5-7-13/h8-13,16,18H,3-7H2,1-2H3. The van der Waals surface area contributed by atoms with Gasteiger partial charge in [0.1, 0.15) is 0 Å². The van der Waals surface area contributed by atoms with Gasteiger partial charge in [0.2, 0.25) is 0 Å². The van der Waals surface area contributed by atoms with Gasteiger partial charge in [0, 0.05) is 0 Å². The van der Waals surface area contributed by atoms with Crippen molar-refractivity contribution >= 4 is 5.97 Å². The maximum Gasteiger partial charge on any atom is 0.339 e. The van der Waals surface area contributed by atoms with Gasteiger partial charge in [0.25, 0.3) is 0 Å². The Labute approximate surface area is 121 Å². The summed E-state index contributed by atoms with van der Waals surface area (Å²) < 4.78 is 4.83. The topological polar surface area (TPSA) is 46.5 Å². The summed E-state index contributed by atoms with van der Waals surface area (Å²) in [6.07, 6.45) is 3.88. The number of aliphatic hydroxyl groups excluding tert-OH is 1. The van der Waals surface area contributed by atoms with E-state index in [1.54, 1.807) is 6.92 Å². The predicted molar refractivity (Wildman–Crippen MR) is 78.4 cm³/mol. The molecule has 0 heterocycles. The van der Waals surface area contributed by atoms with Crippen LogP contribution in [0.4, 0.5) is 0 Å². The van der Waals surface area contributed by atoms with Gasteiger partial charge in [-0.25, -0.2) is 4.79 Å². The molecule has 3 heteroatoms. The molecule has 1 aromatic carbocycles. The third-order valence-electron chi connectivity index (χ3n) is 4.25. The molecule has 0 aliphatic heterocycles. The van der Waals surface area contributed by atoms with Crippen LogP contribution >= 0.6 is 0 Å². The Balaban J connectivity index is 2.01. The molecule has 1 saturated carbocycles. The van der Waals surface area contributed by atoms with E-state index in [1.165, 1.54) is 31.2 Å². The van der Waals surface area contributed by atoms with Crippen LogP contribution in [0.25, 0.3) is 0 Å². The highest BCUT2D eigenvalue weighted by molar-refractivity contribution is 5.76. The lowest BCUT2D eigenvalue weighted by Crippen LogP contribution is -2.15. The molecule has 1 aliphatic carbocycles. The molecule has 20 heavy (non-hydrogen) atoms. The molecule has 110 valence electrons. The normalized spacial score (nSPS) is 24.1. The van der Waals surface area contributed by atoms with Crippen molar-refractivity contribution in [3.63, 3.8) is 0 Å². The Bertz CT molecular complexity index is 430. The lowest BCUT2D eigenvalue weighted by atomic mass is 9.79. The van der Waals surface area contributed by atoms with Crippen LogP contribution in [0, 0.1) is 5.92 Å². The van der Waals surface area contributed by atoms with Crippen LogP contribution in [-0.4, -0.2) is 17.7 Å². The minimum Gasteiger partial charge on any atom is -0.464 e. The number of hydrogen-bond donors (Lipinski definition) is 1. The van der Waals surface area contributed by atoms with Gasteiger partial charge in [-0.05, 0) is 42.7 Å². The van der Waals surface area contributed by atoms with E-state index >= 15 is 0 Å². The third-order valence-corrected chi connectivity index (χ3v) is 4.25. The molecule has 0 spiro atoms. The van der Waals surface area contributed by atoms with E-state index in [0.29, 0.717) is 11.5 Å². The van der Waals surface area contributed by atoms with Gasteiger partial charge in [-0.1, -0.05) is 44.0 Å². The Morgan fingerprint density at radius 3 is 2.40 bits per heavy atom. The number of carbonyl (C=O) groups excluding carboxylic acids is 1. The largest absolute Gasteiger partial charge is 0.464 e. The first kappa shape index (κ1) is 15.0. The van der Waals surface area contributed by atoms with E-state index in [4.69, 9.17) is 4.74 Å². The van der Waals surface area contributed by atoms with Crippen molar-refractivity contribution in [3.8, 4) is 0 Å². The van der Waals surface area contributed by atoms with Crippen LogP contribution in [0.3, 0.4) is 0 Å². The number of esters is 1. The Hall–Kier alpha value is -1.35. The van der Waals surface area contributed by atoms with Gasteiger partial charge in [-0.3, -0.25) is 0 Å². The fourth-order valence-corrected chi connectivity index (χ4v) is 2.90. The molecule has 1 fully saturated rings. The Morgan fingerprint density at radius 2 is 1.85 bits per heavy atom. The Morgan fingerprint density at radius 1 is 1.25 bits per heavy atom. The second-order valence-corrected chi connectivity index (χ2v) is 5.78. The number of carbonyl (C=O) groups is 1. The lowest BCUT2D eigenvalue weighted by molar-refractivity contribution is -0.153. The molecule has 1 aliphatic rings. The summed E-state index contributed by atoms with van der Waals surface area (Å²) in [5.74, 6) is 0.892. The van der Waals surface area contributed by atoms with E-state index in [2.05, 4.69) is 6.92 Å². The number of rotatable bonds is 4. The van der Waals surface area contributed by atoms with Gasteiger partial charge in [-0.2, -0.15) is 0 Å². The molecule has 3 nitrogen and oxygen atoms in total. The second kappa shape index (κ2) is 6.89. The van der Waals surface area contributed by atoms with Crippen molar-refractivity contribution in [3.05, 3.63) is 35.4 Å². The number of hydrogen-bond acceptors (Lipinski definition) is 3. The van der Waals surface area contributed by atoms with E-state index in [0.717, 1.165) is 5.92 Å². The second-order valence-electron chi connectivity index (χ2n) is 5.78. The average molecular weight is 276 g/mol. The van der Waals surface area contributed by atoms with E-state index in [-0.39, 0.29) is 6.61 Å². The summed E-state index contributed by atoms with van der Waals surface area (Å²) >= 11 is 0. The summed E-state index contributed by atoms with van der Waals surface area (Å²) in [5, 5.41) is 9.88. The van der Waals surface area contributed by atoms with Gasteiger partial charge >= 0.3 is 5.97 Å². The third kappa shape index (κ3) is 3.60. The molecule has 0 radical (unpaired) electrons. The number of ether oxygens (including phenoxy) is 1. The first-order valence-corrected chi connectivity index (χ1v) is 7.56. The molecule has 1 unspecified atom stereocenters. The summed E-state index contributed by atoms with van der Waals surface area (Å²) in [6, 6.07) is 7.76. The van der Waals surface area contributed by atoms with Crippen molar-refractivity contribution < 1.29 is 14.6 Å². The summed E-state index contributed by atoms with van der Waals surface area (Å²) in [4.78, 5) is 11.5. The molecule has 0 saturated heterocycles. The molecular weight excluding hydrogens is 252 g/mol. The quantitative estimate of drug-likeness (QED) is 0.855. The van der Waals surface area contributed by atoms with E-state index < -0.39 is 12.1 Å². The first-order chi connectivity index (χ1) is 9.61. The molecule has 1 N–H and O–H groups in total. The predicted octanol–water partition coefficient (Wildman–Crippen LogP) is 3.58. The molecule has 0 bridgehead atoms. The zero-order chi connectivity index (χ0) is 14.5. The minimum absolute atomic E-state index is 0.286. The van der Waals surface area contributed by atoms with Gasteiger partial charge < -0.3 is 9.84 Å². The van der Waals surface area contributed by atoms with Crippen molar-refractivity contribution in [1.82, 2.24) is 0 Å². The fraction of sp³-hybridized carbons (Fsp3) is 0.588. The highest BCUT2D eigenvalue weighted by Crippen LogP contribution is 2.35. The van der Waals surface area contributed by atoms with Crippen molar-refractivity contribution in [2.75, 3.05) is 6.61 Å². The monoisotopic (exact) mass is 276 g/mol. The average Bonchev–Trinajstić information content (AvgIpc) is 2.48. The molecule has 1 atom stereocenters. The van der Waals surface area contributed by atoms with Crippen LogP contribution < -0.4 is 0 Å². The van der Waals surface area contributed by atoms with Crippen LogP contribution in [-0.2, 0) is 9.53 Å². The summed E-state index contributed by atoms with van der Waals surface area (Å²) in [7, 11) is 0. The Kier molecular flexibility index (Phi) is 5.18. The smallest absolute Gasteiger partial charge is 0.339 e. The van der Waals surface area contributed by atoms with Crippen LogP contribution in [0.2, 0.25) is 0 Å². The maximum absolute atomic E-state index is 11.5. The number of benzene rings is 1. The fourth-order valence-electron chi connectivity index (χ4n) is 2.90. The van der Waals surface area contributed by atoms with Gasteiger partial charge in [0.15, 0.2) is 6.10 Å². The van der Waals surface area contributed by atoms with Gasteiger partial charge in [-0.15, -0.1) is 0 Å². The summed E-state index contributed by atoms with van der Waals surface area (Å²) in [6.45, 7) is 4.33. The van der Waals surface area contributed by atoms with E-state index in [9.17, 15) is 9.90 Å². The summed E-state index contributed by atoms with van der Waals surface area (Å²) in [5.41, 5.74) is 1.92. The lowest BCUT2D eigenvalue weighted by Gasteiger charge is -2.26. The maximum atomic E-state index is 11.5. The molecule has 0 amide bonds. The zero-order valence-corrected chi connectivity index (χ0v) is 12.3. The molecule has 2 rings (SSSR count). The first-order valence-electron chi connectivity index (χ1n) is 7.56. The van der Waals surface area contributed by atoms with Crippen LogP contribution in [0.15, 0.2) is 24.3 Å². The van der Waals surface area contributed by atoms with Gasteiger partial charge in [0.05, 0.1) is 6.61 Å². The van der Waals surface area contributed by atoms with Crippen molar-refractivity contribution in [1.29, 1.82) is 0 Å². The van der Waals surface area contributed by atoms with Crippen LogP contribution in [0.1, 0.15) is 62.7 Å². The van der Waals surface area contributed by atoms with E-state index in [1.807, 2.05) is 24.3 Å². The molecular formula is C17H24O3.